The van der Waals surface area contributed by atoms with Crippen molar-refractivity contribution in [2.45, 2.75) is 51.7 Å². The van der Waals surface area contributed by atoms with E-state index in [-0.39, 0.29) is 0 Å². The molecule has 0 aliphatic carbocycles. The van der Waals surface area contributed by atoms with E-state index in [1.54, 1.807) is 0 Å². The van der Waals surface area contributed by atoms with Gasteiger partial charge >= 0.3 is 0 Å². The zero-order chi connectivity index (χ0) is 14.1. The monoisotopic (exact) mass is 272 g/mol. The Morgan fingerprint density at radius 3 is 3.00 bits per heavy atom. The van der Waals surface area contributed by atoms with Gasteiger partial charge in [-0.25, -0.2) is 4.98 Å². The molecule has 2 N–H and O–H groups in total. The van der Waals surface area contributed by atoms with Gasteiger partial charge in [-0.2, -0.15) is 0 Å². The van der Waals surface area contributed by atoms with Crippen LogP contribution in [0.2, 0.25) is 0 Å². The van der Waals surface area contributed by atoms with Crippen LogP contribution < -0.4 is 5.73 Å². The number of nitrogens with two attached hydrogens (primary N) is 1. The van der Waals surface area contributed by atoms with Crippen molar-refractivity contribution in [2.75, 3.05) is 6.54 Å². The standard InChI is InChI=1S/C16H24N4/c1-12(2)20-9-4-3-7-15(20)14-11-19-8-5-6-13(10-17)16(19)18-14/h5-6,8,11-12,15H,3-4,7,9-10,17H2,1-2H3. The van der Waals surface area contributed by atoms with Crippen molar-refractivity contribution in [1.82, 2.24) is 14.3 Å². The highest BCUT2D eigenvalue weighted by Crippen LogP contribution is 2.32. The second-order valence-electron chi connectivity index (χ2n) is 5.98. The Balaban J connectivity index is 2.00. The van der Waals surface area contributed by atoms with Crippen molar-refractivity contribution in [3.05, 3.63) is 35.8 Å². The molecule has 20 heavy (non-hydrogen) atoms. The van der Waals surface area contributed by atoms with E-state index in [9.17, 15) is 0 Å². The maximum Gasteiger partial charge on any atom is 0.141 e. The zero-order valence-electron chi connectivity index (χ0n) is 12.4. The molecule has 1 atom stereocenters. The summed E-state index contributed by atoms with van der Waals surface area (Å²) in [6.45, 7) is 6.28. The Bertz CT molecular complexity index is 587. The largest absolute Gasteiger partial charge is 0.326 e. The number of hydrogen-bond donors (Lipinski definition) is 1. The SMILES string of the molecule is CC(C)N1CCCCC1c1cn2cccc(CN)c2n1. The molecule has 4 nitrogen and oxygen atoms in total. The van der Waals surface area contributed by atoms with Gasteiger partial charge in [0.1, 0.15) is 5.65 Å². The maximum atomic E-state index is 5.82. The summed E-state index contributed by atoms with van der Waals surface area (Å²) in [4.78, 5) is 7.46. The van der Waals surface area contributed by atoms with Crippen molar-refractivity contribution in [1.29, 1.82) is 0 Å². The fourth-order valence-corrected chi connectivity index (χ4v) is 3.30. The van der Waals surface area contributed by atoms with Crippen LogP contribution in [0.15, 0.2) is 24.5 Å². The molecule has 0 aromatic carbocycles. The minimum Gasteiger partial charge on any atom is -0.326 e. The van der Waals surface area contributed by atoms with E-state index in [1.165, 1.54) is 31.5 Å². The number of nitrogens with zero attached hydrogens (tertiary/aromatic N) is 3. The second kappa shape index (κ2) is 5.54. The lowest BCUT2D eigenvalue weighted by Gasteiger charge is -2.37. The molecule has 4 heteroatoms. The van der Waals surface area contributed by atoms with E-state index in [0.717, 1.165) is 11.2 Å². The van der Waals surface area contributed by atoms with Crippen LogP contribution in [0.4, 0.5) is 0 Å². The average Bonchev–Trinajstić information content (AvgIpc) is 2.90. The topological polar surface area (TPSA) is 46.6 Å². The molecule has 0 saturated carbocycles. The van der Waals surface area contributed by atoms with Crippen LogP contribution in [0, 0.1) is 0 Å². The molecule has 0 amide bonds. The first-order chi connectivity index (χ1) is 9.70. The van der Waals surface area contributed by atoms with Crippen molar-refractivity contribution in [3.63, 3.8) is 0 Å². The van der Waals surface area contributed by atoms with Crippen molar-refractivity contribution < 1.29 is 0 Å². The van der Waals surface area contributed by atoms with Gasteiger partial charge in [0.2, 0.25) is 0 Å². The van der Waals surface area contributed by atoms with Gasteiger partial charge in [-0.05, 0) is 39.3 Å². The third-order valence-corrected chi connectivity index (χ3v) is 4.35. The number of aromatic nitrogens is 2. The molecule has 2 aromatic heterocycles. The molecule has 1 aliphatic rings. The first-order valence-corrected chi connectivity index (χ1v) is 7.63. The predicted molar refractivity (Wildman–Crippen MR) is 81.5 cm³/mol. The molecule has 1 aliphatic heterocycles. The lowest BCUT2D eigenvalue weighted by Crippen LogP contribution is -2.38. The average molecular weight is 272 g/mol. The summed E-state index contributed by atoms with van der Waals surface area (Å²) in [6.07, 6.45) is 8.05. The molecule has 0 spiro atoms. The van der Waals surface area contributed by atoms with Crippen molar-refractivity contribution in [2.24, 2.45) is 5.73 Å². The number of imidazole rings is 1. The van der Waals surface area contributed by atoms with E-state index < -0.39 is 0 Å². The third kappa shape index (κ3) is 2.34. The number of pyridine rings is 1. The van der Waals surface area contributed by atoms with E-state index in [0.29, 0.717) is 18.6 Å². The summed E-state index contributed by atoms with van der Waals surface area (Å²) >= 11 is 0. The second-order valence-corrected chi connectivity index (χ2v) is 5.98. The van der Waals surface area contributed by atoms with Gasteiger partial charge in [0.15, 0.2) is 0 Å². The third-order valence-electron chi connectivity index (χ3n) is 4.35. The van der Waals surface area contributed by atoms with Gasteiger partial charge in [0, 0.05) is 30.5 Å². The Morgan fingerprint density at radius 2 is 2.25 bits per heavy atom. The molecule has 3 rings (SSSR count). The highest BCUT2D eigenvalue weighted by molar-refractivity contribution is 5.49. The van der Waals surface area contributed by atoms with E-state index in [2.05, 4.69) is 41.6 Å². The molecule has 108 valence electrons. The zero-order valence-corrected chi connectivity index (χ0v) is 12.4. The van der Waals surface area contributed by atoms with Crippen LogP contribution in [0.3, 0.4) is 0 Å². The summed E-state index contributed by atoms with van der Waals surface area (Å²) < 4.78 is 2.12. The number of piperidine rings is 1. The molecule has 0 bridgehead atoms. The molecule has 1 fully saturated rings. The lowest BCUT2D eigenvalue weighted by atomic mass is 9.98. The normalized spacial score (nSPS) is 20.9. The molecule has 1 saturated heterocycles. The summed E-state index contributed by atoms with van der Waals surface area (Å²) in [5, 5.41) is 0. The van der Waals surface area contributed by atoms with E-state index in [1.807, 2.05) is 6.07 Å². The van der Waals surface area contributed by atoms with Crippen molar-refractivity contribution in [3.8, 4) is 0 Å². The van der Waals surface area contributed by atoms with Gasteiger partial charge in [0.25, 0.3) is 0 Å². The fraction of sp³-hybridized carbons (Fsp3) is 0.562. The molecule has 2 aromatic rings. The van der Waals surface area contributed by atoms with Gasteiger partial charge in [-0.1, -0.05) is 12.5 Å². The number of likely N-dealkylation sites (tertiary alicyclic amines) is 1. The first-order valence-electron chi connectivity index (χ1n) is 7.63. The van der Waals surface area contributed by atoms with Crippen LogP contribution in [-0.4, -0.2) is 26.9 Å². The highest BCUT2D eigenvalue weighted by atomic mass is 15.2. The lowest BCUT2D eigenvalue weighted by molar-refractivity contribution is 0.109. The number of rotatable bonds is 3. The minimum atomic E-state index is 0.453. The van der Waals surface area contributed by atoms with Crippen LogP contribution in [0.5, 0.6) is 0 Å². The molecular formula is C16H24N4. The fourth-order valence-electron chi connectivity index (χ4n) is 3.30. The van der Waals surface area contributed by atoms with Gasteiger partial charge in [-0.15, -0.1) is 0 Å². The summed E-state index contributed by atoms with van der Waals surface area (Å²) in [5.74, 6) is 0. The van der Waals surface area contributed by atoms with Crippen LogP contribution in [-0.2, 0) is 6.54 Å². The Kier molecular flexibility index (Phi) is 3.76. The Morgan fingerprint density at radius 1 is 1.40 bits per heavy atom. The van der Waals surface area contributed by atoms with E-state index in [4.69, 9.17) is 10.7 Å². The van der Waals surface area contributed by atoms with Crippen molar-refractivity contribution >= 4 is 5.65 Å². The van der Waals surface area contributed by atoms with Gasteiger partial charge in [-0.3, -0.25) is 4.90 Å². The Labute approximate surface area is 120 Å². The highest BCUT2D eigenvalue weighted by Gasteiger charge is 2.27. The van der Waals surface area contributed by atoms with Crippen LogP contribution in [0.1, 0.15) is 50.4 Å². The summed E-state index contributed by atoms with van der Waals surface area (Å²) in [7, 11) is 0. The summed E-state index contributed by atoms with van der Waals surface area (Å²) in [6, 6.07) is 5.13. The smallest absolute Gasteiger partial charge is 0.141 e. The number of fused-ring (bicyclic) bond motifs is 1. The van der Waals surface area contributed by atoms with E-state index >= 15 is 0 Å². The minimum absolute atomic E-state index is 0.453. The molecule has 0 radical (unpaired) electrons. The quantitative estimate of drug-likeness (QED) is 0.934. The Hall–Kier alpha value is -1.39. The number of hydrogen-bond acceptors (Lipinski definition) is 3. The molecule has 3 heterocycles. The van der Waals surface area contributed by atoms with Crippen LogP contribution in [0.25, 0.3) is 5.65 Å². The molecular weight excluding hydrogens is 248 g/mol. The van der Waals surface area contributed by atoms with Gasteiger partial charge < -0.3 is 10.1 Å². The van der Waals surface area contributed by atoms with Gasteiger partial charge in [0.05, 0.1) is 11.7 Å². The van der Waals surface area contributed by atoms with Crippen LogP contribution >= 0.6 is 0 Å². The maximum absolute atomic E-state index is 5.82. The molecule has 1 unspecified atom stereocenters. The predicted octanol–water partition coefficient (Wildman–Crippen LogP) is 2.73. The first kappa shape index (κ1) is 13.6. The summed E-state index contributed by atoms with van der Waals surface area (Å²) in [5.41, 5.74) is 9.14.